The van der Waals surface area contributed by atoms with Gasteiger partial charge in [-0.2, -0.15) is 40.6 Å². The molecule has 0 aliphatic heterocycles. The number of benzene rings is 1. The molecular formula is C26H21ClF7N11O4. The number of hydrogen-bond acceptors (Lipinski definition) is 10. The van der Waals surface area contributed by atoms with Crippen LogP contribution in [0.2, 0.25) is 5.02 Å². The lowest BCUT2D eigenvalue weighted by molar-refractivity contribution is -0.361. The maximum Gasteiger partial charge on any atom is 0.460 e. The monoisotopic (exact) mass is 719 g/mol. The number of ether oxygens (including phenoxy) is 1. The van der Waals surface area contributed by atoms with E-state index in [1.165, 1.54) is 50.6 Å². The highest BCUT2D eigenvalue weighted by Crippen LogP contribution is 2.50. The normalized spacial score (nSPS) is 12.4. The lowest BCUT2D eigenvalue weighted by Crippen LogP contribution is -2.50. The minimum absolute atomic E-state index is 0.0248. The number of aromatic amines is 1. The average molecular weight is 720 g/mol. The minimum atomic E-state index is -6.62. The molecular weight excluding hydrogens is 699 g/mol. The number of nitrogens with zero attached hydrogens (tertiary/aromatic N) is 9. The van der Waals surface area contributed by atoms with Crippen LogP contribution < -0.4 is 5.73 Å². The van der Waals surface area contributed by atoms with Crippen LogP contribution in [0.25, 0.3) is 28.1 Å². The molecule has 2 amide bonds. The van der Waals surface area contributed by atoms with Crippen LogP contribution in [0.4, 0.5) is 41.2 Å². The number of alkyl halides is 7. The van der Waals surface area contributed by atoms with E-state index >= 15 is 0 Å². The largest absolute Gasteiger partial charge is 0.505 e. The number of pyridine rings is 1. The van der Waals surface area contributed by atoms with Crippen molar-refractivity contribution in [3.63, 3.8) is 0 Å². The van der Waals surface area contributed by atoms with Crippen LogP contribution in [0.5, 0.6) is 5.75 Å². The highest BCUT2D eigenvalue weighted by atomic mass is 35.5. The predicted molar refractivity (Wildman–Crippen MR) is 154 cm³/mol. The van der Waals surface area contributed by atoms with Gasteiger partial charge in [0.05, 0.1) is 34.6 Å². The third-order valence-electron chi connectivity index (χ3n) is 7.06. The topological polar surface area (TPSA) is 186 Å². The van der Waals surface area contributed by atoms with Crippen molar-refractivity contribution in [2.45, 2.75) is 24.6 Å². The van der Waals surface area contributed by atoms with E-state index in [4.69, 9.17) is 17.3 Å². The molecule has 4 N–H and O–H groups in total. The molecule has 0 aliphatic rings. The number of nitrogen functional groups attached to an aromatic ring is 1. The lowest BCUT2D eigenvalue weighted by atomic mass is 10.1. The van der Waals surface area contributed by atoms with Gasteiger partial charge in [-0.1, -0.05) is 11.6 Å². The van der Waals surface area contributed by atoms with Gasteiger partial charge in [-0.05, 0) is 35.5 Å². The maximum atomic E-state index is 14.2. The fraction of sp³-hybridized carbons (Fsp3) is 0.269. The summed E-state index contributed by atoms with van der Waals surface area (Å²) in [5.41, 5.74) is 5.70. The number of nitrogens with two attached hydrogens (primary N) is 1. The van der Waals surface area contributed by atoms with Crippen LogP contribution in [0.3, 0.4) is 0 Å². The lowest BCUT2D eigenvalue weighted by Gasteiger charge is -2.27. The minimum Gasteiger partial charge on any atom is -0.505 e. The Bertz CT molecular complexity index is 2080. The number of aromatic nitrogens is 8. The molecule has 0 unspecified atom stereocenters. The number of fused-ring (bicyclic) bond motifs is 1. The van der Waals surface area contributed by atoms with Gasteiger partial charge in [-0.25, -0.2) is 24.5 Å². The van der Waals surface area contributed by atoms with Crippen molar-refractivity contribution in [1.82, 2.24) is 50.0 Å². The number of tetrazole rings is 1. The quantitative estimate of drug-likeness (QED) is 0.124. The van der Waals surface area contributed by atoms with Crippen molar-refractivity contribution in [3.05, 3.63) is 58.6 Å². The van der Waals surface area contributed by atoms with Crippen LogP contribution >= 0.6 is 11.6 Å². The number of anilines is 1. The van der Waals surface area contributed by atoms with E-state index in [-0.39, 0.29) is 50.1 Å². The summed E-state index contributed by atoms with van der Waals surface area (Å²) in [7, 11) is 3.64. The molecule has 260 valence electrons. The maximum absolute atomic E-state index is 14.2. The highest BCUT2D eigenvalue weighted by molar-refractivity contribution is 6.32. The van der Waals surface area contributed by atoms with Crippen LogP contribution in [-0.2, 0) is 17.2 Å². The van der Waals surface area contributed by atoms with Gasteiger partial charge in [0, 0.05) is 31.4 Å². The summed E-state index contributed by atoms with van der Waals surface area (Å²) < 4.78 is 99.2. The van der Waals surface area contributed by atoms with Gasteiger partial charge >= 0.3 is 24.1 Å². The molecule has 0 spiro atoms. The number of carbonyl (C=O) groups excluding carboxylic acids is 2. The third kappa shape index (κ3) is 5.87. The van der Waals surface area contributed by atoms with Crippen LogP contribution in [0.1, 0.15) is 21.9 Å². The van der Waals surface area contributed by atoms with Crippen LogP contribution in [0, 0.1) is 0 Å². The molecule has 23 heteroatoms. The van der Waals surface area contributed by atoms with Crippen LogP contribution in [-0.4, -0.2) is 100 Å². The third-order valence-corrected chi connectivity index (χ3v) is 7.35. The summed E-state index contributed by atoms with van der Waals surface area (Å²) in [5, 5.41) is 26.4. The number of rotatable bonds is 7. The summed E-state index contributed by atoms with van der Waals surface area (Å²) >= 11 is 6.34. The van der Waals surface area contributed by atoms with Gasteiger partial charge < -0.3 is 20.6 Å². The first kappa shape index (κ1) is 34.7. The van der Waals surface area contributed by atoms with Crippen molar-refractivity contribution in [2.24, 2.45) is 0 Å². The number of methoxy groups -OCH3 is 1. The molecule has 4 aromatic heterocycles. The number of carbonyl (C=O) groups is 2. The molecule has 15 nitrogen and oxygen atoms in total. The fourth-order valence-electron chi connectivity index (χ4n) is 4.50. The van der Waals surface area contributed by atoms with Crippen LogP contribution in [0.15, 0.2) is 36.5 Å². The molecule has 0 fully saturated rings. The summed E-state index contributed by atoms with van der Waals surface area (Å²) in [6.45, 7) is -0.715. The first-order valence-electron chi connectivity index (χ1n) is 13.3. The Kier molecular flexibility index (Phi) is 8.55. The number of halogens is 8. The molecule has 0 atom stereocenters. The number of hydrazine groups is 1. The Morgan fingerprint density at radius 1 is 1.08 bits per heavy atom. The molecule has 0 aliphatic carbocycles. The first-order valence-corrected chi connectivity index (χ1v) is 13.7. The van der Waals surface area contributed by atoms with Crippen molar-refractivity contribution in [3.8, 4) is 23.0 Å². The fourth-order valence-corrected chi connectivity index (χ4v) is 4.70. The molecule has 5 aromatic rings. The standard InChI is InChI=1S/C26H21ClF7N11O4/c1-42(43(2)23(48)49-3)21(47)14-8-11(35)7-13-17(14)37-18(19(13)46)16-9-12(39-45(16)20-15(27)5-4-6-36-20)10-44-40-22(38-41-44)24(28,29)25(30,31)26(32,33)34/h4-9,37,46H,10,35H2,1-3H3. The predicted octanol–water partition coefficient (Wildman–Crippen LogP) is 4.37. The Labute approximate surface area is 273 Å². The Balaban J connectivity index is 1.61. The van der Waals surface area contributed by atoms with Crippen molar-refractivity contribution in [2.75, 3.05) is 26.9 Å². The smallest absolute Gasteiger partial charge is 0.460 e. The van der Waals surface area contributed by atoms with Gasteiger partial charge in [-0.15, -0.1) is 10.2 Å². The first-order chi connectivity index (χ1) is 22.8. The molecule has 5 rings (SSSR count). The molecule has 0 radical (unpaired) electrons. The summed E-state index contributed by atoms with van der Waals surface area (Å²) in [5.74, 6) is -15.9. The SMILES string of the molecule is COC(=O)N(C)N(C)C(=O)c1cc(N)cc2c(O)c(-c3cc(Cn4nnc(C(F)(F)C(F)(F)C(F)(F)F)n4)nn3-c3ncccc3Cl)[nH]c12. The van der Waals surface area contributed by atoms with Crippen molar-refractivity contribution < 1.29 is 50.2 Å². The highest BCUT2D eigenvalue weighted by Gasteiger charge is 2.75. The van der Waals surface area contributed by atoms with E-state index in [1.807, 2.05) is 0 Å². The number of hydrogen-bond donors (Lipinski definition) is 3. The number of H-pyrrole nitrogens is 1. The molecule has 0 bridgehead atoms. The summed E-state index contributed by atoms with van der Waals surface area (Å²) in [6.07, 6.45) is -6.17. The molecule has 49 heavy (non-hydrogen) atoms. The Hall–Kier alpha value is -5.67. The molecule has 0 saturated heterocycles. The van der Waals surface area contributed by atoms with E-state index < -0.39 is 48.1 Å². The molecule has 0 saturated carbocycles. The van der Waals surface area contributed by atoms with Crippen molar-refractivity contribution >= 4 is 40.2 Å². The number of nitrogens with one attached hydrogen (secondary N) is 1. The molecule has 4 heterocycles. The zero-order valence-electron chi connectivity index (χ0n) is 25.0. The van der Waals surface area contributed by atoms with E-state index in [2.05, 4.69) is 35.2 Å². The van der Waals surface area contributed by atoms with E-state index in [9.17, 15) is 45.4 Å². The zero-order valence-corrected chi connectivity index (χ0v) is 25.7. The second-order valence-electron chi connectivity index (χ2n) is 10.2. The van der Waals surface area contributed by atoms with E-state index in [0.717, 1.165) is 21.8 Å². The second-order valence-corrected chi connectivity index (χ2v) is 10.6. The Morgan fingerprint density at radius 2 is 1.78 bits per heavy atom. The molecule has 1 aromatic carbocycles. The zero-order chi connectivity index (χ0) is 36.2. The van der Waals surface area contributed by atoms with Gasteiger partial charge in [0.1, 0.15) is 12.2 Å². The van der Waals surface area contributed by atoms with E-state index in [1.54, 1.807) is 0 Å². The summed E-state index contributed by atoms with van der Waals surface area (Å²) in [6, 6.07) is 6.74. The average Bonchev–Trinajstić information content (AvgIpc) is 3.77. The van der Waals surface area contributed by atoms with Gasteiger partial charge in [0.25, 0.3) is 11.7 Å². The number of amides is 2. The summed E-state index contributed by atoms with van der Waals surface area (Å²) in [4.78, 5) is 32.8. The second kappa shape index (κ2) is 12.1. The van der Waals surface area contributed by atoms with E-state index in [0.29, 0.717) is 4.80 Å². The van der Waals surface area contributed by atoms with Gasteiger partial charge in [0.2, 0.25) is 0 Å². The number of aromatic hydroxyl groups is 1. The van der Waals surface area contributed by atoms with Crippen molar-refractivity contribution in [1.29, 1.82) is 0 Å². The van der Waals surface area contributed by atoms with Gasteiger partial charge in [-0.3, -0.25) is 4.79 Å². The van der Waals surface area contributed by atoms with Gasteiger partial charge in [0.15, 0.2) is 11.6 Å². The Morgan fingerprint density at radius 3 is 2.41 bits per heavy atom.